The average Bonchev–Trinajstić information content (AvgIpc) is 2.71. The molecule has 0 saturated carbocycles. The van der Waals surface area contributed by atoms with E-state index in [1.54, 1.807) is 0 Å². The molecule has 2 unspecified atom stereocenters. The number of esters is 1. The topological polar surface area (TPSA) is 63.2 Å². The maximum absolute atomic E-state index is 12.1. The molecule has 1 aromatic carbocycles. The van der Waals surface area contributed by atoms with Gasteiger partial charge in [0, 0.05) is 32.1 Å². The quantitative estimate of drug-likeness (QED) is 0.290. The summed E-state index contributed by atoms with van der Waals surface area (Å²) in [4.78, 5) is 19.3. The average molecular weight is 501 g/mol. The van der Waals surface area contributed by atoms with Crippen LogP contribution in [0.1, 0.15) is 44.6 Å². The Kier molecular flexibility index (Phi) is 9.34. The summed E-state index contributed by atoms with van der Waals surface area (Å²) >= 11 is 0. The normalized spacial score (nSPS) is 21.8. The Hall–Kier alpha value is -1.51. The van der Waals surface area contributed by atoms with Crippen LogP contribution in [-0.2, 0) is 9.53 Å². The SMILES string of the molecule is CCNC(=NCC1CCOc2ccccc21)N1CCCC(C(=O)OCC)C1.I. The summed E-state index contributed by atoms with van der Waals surface area (Å²) in [5.74, 6) is 2.10. The maximum atomic E-state index is 12.1. The second-order valence-electron chi connectivity index (χ2n) is 7.10. The van der Waals surface area contributed by atoms with E-state index in [2.05, 4.69) is 29.3 Å². The lowest BCUT2D eigenvalue weighted by Gasteiger charge is -2.34. The highest BCUT2D eigenvalue weighted by atomic mass is 127. The Morgan fingerprint density at radius 3 is 2.93 bits per heavy atom. The highest BCUT2D eigenvalue weighted by Crippen LogP contribution is 2.33. The van der Waals surface area contributed by atoms with Crippen molar-refractivity contribution in [2.24, 2.45) is 10.9 Å². The number of para-hydroxylation sites is 1. The number of fused-ring (bicyclic) bond motifs is 1. The zero-order valence-corrected chi connectivity index (χ0v) is 19.2. The summed E-state index contributed by atoms with van der Waals surface area (Å²) in [6.07, 6.45) is 2.85. The number of hydrogen-bond donors (Lipinski definition) is 1. The predicted octanol–water partition coefficient (Wildman–Crippen LogP) is 3.41. The summed E-state index contributed by atoms with van der Waals surface area (Å²) in [7, 11) is 0. The molecule has 2 aliphatic heterocycles. The molecule has 2 heterocycles. The van der Waals surface area contributed by atoms with Crippen LogP contribution >= 0.6 is 24.0 Å². The third kappa shape index (κ3) is 5.75. The van der Waals surface area contributed by atoms with E-state index in [1.165, 1.54) is 5.56 Å². The Labute approximate surface area is 185 Å². The summed E-state index contributed by atoms with van der Waals surface area (Å²) in [5.41, 5.74) is 1.24. The first-order valence-electron chi connectivity index (χ1n) is 10.1. The fraction of sp³-hybridized carbons (Fsp3) is 0.619. The number of hydrogen-bond acceptors (Lipinski definition) is 4. The van der Waals surface area contributed by atoms with E-state index >= 15 is 0 Å². The Balaban J connectivity index is 0.00000280. The molecule has 0 bridgehead atoms. The number of rotatable bonds is 5. The van der Waals surface area contributed by atoms with Gasteiger partial charge in [0.1, 0.15) is 5.75 Å². The van der Waals surface area contributed by atoms with Gasteiger partial charge in [0.2, 0.25) is 0 Å². The van der Waals surface area contributed by atoms with Crippen molar-refractivity contribution in [2.75, 3.05) is 39.4 Å². The van der Waals surface area contributed by atoms with Gasteiger partial charge in [0.05, 0.1) is 19.1 Å². The molecule has 1 saturated heterocycles. The summed E-state index contributed by atoms with van der Waals surface area (Å²) in [6, 6.07) is 8.24. The number of guanidine groups is 1. The van der Waals surface area contributed by atoms with Gasteiger partial charge in [-0.3, -0.25) is 9.79 Å². The van der Waals surface area contributed by atoms with Crippen molar-refractivity contribution < 1.29 is 14.3 Å². The molecule has 2 atom stereocenters. The van der Waals surface area contributed by atoms with Crippen LogP contribution in [0.4, 0.5) is 0 Å². The first-order valence-corrected chi connectivity index (χ1v) is 10.1. The molecule has 0 radical (unpaired) electrons. The number of aliphatic imine (C=N–C) groups is 1. The van der Waals surface area contributed by atoms with E-state index < -0.39 is 0 Å². The van der Waals surface area contributed by atoms with Gasteiger partial charge in [-0.25, -0.2) is 0 Å². The molecule has 0 amide bonds. The molecule has 1 aromatic rings. The van der Waals surface area contributed by atoms with Crippen LogP contribution in [0.15, 0.2) is 29.3 Å². The van der Waals surface area contributed by atoms with Gasteiger partial charge in [-0.2, -0.15) is 0 Å². The number of nitrogens with one attached hydrogen (secondary N) is 1. The minimum absolute atomic E-state index is 0. The molecular weight excluding hydrogens is 469 g/mol. The standard InChI is InChI=1S/C21H31N3O3.HI/c1-3-22-21(24-12-7-8-17(15-24)20(25)26-4-2)23-14-16-11-13-27-19-10-6-5-9-18(16)19;/h5-6,9-10,16-17H,3-4,7-8,11-15H2,1-2H3,(H,22,23);1H. The molecule has 2 aliphatic rings. The minimum Gasteiger partial charge on any atom is -0.493 e. The van der Waals surface area contributed by atoms with Crippen LogP contribution in [0.25, 0.3) is 0 Å². The van der Waals surface area contributed by atoms with Gasteiger partial charge in [0.15, 0.2) is 5.96 Å². The van der Waals surface area contributed by atoms with E-state index in [4.69, 9.17) is 14.5 Å². The van der Waals surface area contributed by atoms with Gasteiger partial charge < -0.3 is 19.7 Å². The number of benzene rings is 1. The van der Waals surface area contributed by atoms with Crippen molar-refractivity contribution in [3.63, 3.8) is 0 Å². The van der Waals surface area contributed by atoms with Gasteiger partial charge in [-0.15, -0.1) is 24.0 Å². The molecule has 1 N–H and O–H groups in total. The molecule has 156 valence electrons. The number of nitrogens with zero attached hydrogens (tertiary/aromatic N) is 2. The van der Waals surface area contributed by atoms with E-state index in [0.29, 0.717) is 19.1 Å². The number of carbonyl (C=O) groups excluding carboxylic acids is 1. The zero-order valence-electron chi connectivity index (χ0n) is 16.9. The van der Waals surface area contributed by atoms with Crippen LogP contribution in [0.2, 0.25) is 0 Å². The van der Waals surface area contributed by atoms with E-state index in [-0.39, 0.29) is 35.9 Å². The third-order valence-electron chi connectivity index (χ3n) is 5.22. The van der Waals surface area contributed by atoms with Gasteiger partial charge in [-0.05, 0) is 44.7 Å². The van der Waals surface area contributed by atoms with Crippen LogP contribution in [0.3, 0.4) is 0 Å². The van der Waals surface area contributed by atoms with Crippen LogP contribution in [0.5, 0.6) is 5.75 Å². The smallest absolute Gasteiger partial charge is 0.310 e. The lowest BCUT2D eigenvalue weighted by atomic mass is 9.93. The van der Waals surface area contributed by atoms with Crippen molar-refractivity contribution in [3.8, 4) is 5.75 Å². The molecule has 0 aliphatic carbocycles. The number of ether oxygens (including phenoxy) is 2. The van der Waals surface area contributed by atoms with E-state index in [1.807, 2.05) is 19.1 Å². The Morgan fingerprint density at radius 1 is 1.32 bits per heavy atom. The van der Waals surface area contributed by atoms with E-state index in [0.717, 1.165) is 57.2 Å². The van der Waals surface area contributed by atoms with Crippen LogP contribution in [-0.4, -0.2) is 56.2 Å². The number of piperidine rings is 1. The lowest BCUT2D eigenvalue weighted by molar-refractivity contribution is -0.149. The molecule has 28 heavy (non-hydrogen) atoms. The highest BCUT2D eigenvalue weighted by Gasteiger charge is 2.29. The van der Waals surface area contributed by atoms with Crippen molar-refractivity contribution in [1.29, 1.82) is 0 Å². The largest absolute Gasteiger partial charge is 0.493 e. The second kappa shape index (κ2) is 11.5. The highest BCUT2D eigenvalue weighted by molar-refractivity contribution is 14.0. The molecular formula is C21H32IN3O3. The monoisotopic (exact) mass is 501 g/mol. The molecule has 6 nitrogen and oxygen atoms in total. The van der Waals surface area contributed by atoms with Crippen molar-refractivity contribution in [1.82, 2.24) is 10.2 Å². The molecule has 0 aromatic heterocycles. The number of carbonyl (C=O) groups is 1. The fourth-order valence-corrected chi connectivity index (χ4v) is 3.85. The van der Waals surface area contributed by atoms with Crippen molar-refractivity contribution in [3.05, 3.63) is 29.8 Å². The third-order valence-corrected chi connectivity index (χ3v) is 5.22. The lowest BCUT2D eigenvalue weighted by Crippen LogP contribution is -2.48. The molecule has 7 heteroatoms. The molecule has 3 rings (SSSR count). The zero-order chi connectivity index (χ0) is 19.1. The molecule has 1 fully saturated rings. The first-order chi connectivity index (χ1) is 13.2. The van der Waals surface area contributed by atoms with Crippen molar-refractivity contribution in [2.45, 2.75) is 39.0 Å². The maximum Gasteiger partial charge on any atom is 0.310 e. The number of halogens is 1. The first kappa shape index (κ1) is 22.8. The van der Waals surface area contributed by atoms with Crippen molar-refractivity contribution >= 4 is 35.9 Å². The van der Waals surface area contributed by atoms with Gasteiger partial charge >= 0.3 is 5.97 Å². The van der Waals surface area contributed by atoms with Gasteiger partial charge in [-0.1, -0.05) is 18.2 Å². The summed E-state index contributed by atoms with van der Waals surface area (Å²) in [6.45, 7) is 8.24. The van der Waals surface area contributed by atoms with Crippen LogP contribution < -0.4 is 10.1 Å². The Bertz CT molecular complexity index is 668. The predicted molar refractivity (Wildman–Crippen MR) is 122 cm³/mol. The number of likely N-dealkylation sites (tertiary alicyclic amines) is 1. The molecule has 0 spiro atoms. The van der Waals surface area contributed by atoms with Gasteiger partial charge in [0.25, 0.3) is 0 Å². The summed E-state index contributed by atoms with van der Waals surface area (Å²) < 4.78 is 11.0. The fourth-order valence-electron chi connectivity index (χ4n) is 3.85. The minimum atomic E-state index is -0.0867. The second-order valence-corrected chi connectivity index (χ2v) is 7.10. The van der Waals surface area contributed by atoms with Crippen LogP contribution in [0, 0.1) is 5.92 Å². The summed E-state index contributed by atoms with van der Waals surface area (Å²) in [5, 5.41) is 3.40. The van der Waals surface area contributed by atoms with E-state index in [9.17, 15) is 4.79 Å². The Morgan fingerprint density at radius 2 is 2.14 bits per heavy atom.